The van der Waals surface area contributed by atoms with Gasteiger partial charge in [-0.25, -0.2) is 12.7 Å². The van der Waals surface area contributed by atoms with Crippen LogP contribution in [0.25, 0.3) is 0 Å². The predicted molar refractivity (Wildman–Crippen MR) is 142 cm³/mol. The van der Waals surface area contributed by atoms with E-state index in [1.165, 1.54) is 11.4 Å². The molecule has 2 aromatic carbocycles. The number of amides is 2. The number of benzene rings is 2. The normalized spacial score (nSPS) is 15.1. The molecule has 0 heterocycles. The fourth-order valence-electron chi connectivity index (χ4n) is 4.67. The van der Waals surface area contributed by atoms with E-state index in [2.05, 4.69) is 5.32 Å². The van der Waals surface area contributed by atoms with E-state index >= 15 is 0 Å². The summed E-state index contributed by atoms with van der Waals surface area (Å²) in [4.78, 5) is 28.5. The van der Waals surface area contributed by atoms with Gasteiger partial charge in [0.15, 0.2) is 0 Å². The van der Waals surface area contributed by atoms with Crippen molar-refractivity contribution in [2.45, 2.75) is 82.3 Å². The number of sulfonamides is 1. The van der Waals surface area contributed by atoms with Crippen LogP contribution < -0.4 is 5.32 Å². The number of nitrogens with one attached hydrogen (secondary N) is 1. The van der Waals surface area contributed by atoms with Gasteiger partial charge in [0.25, 0.3) is 0 Å². The molecule has 1 N–H and O–H groups in total. The van der Waals surface area contributed by atoms with Gasteiger partial charge in [-0.1, -0.05) is 67.8 Å². The lowest BCUT2D eigenvalue weighted by Gasteiger charge is -2.32. The smallest absolute Gasteiger partial charge is 0.243 e. The summed E-state index contributed by atoms with van der Waals surface area (Å²) >= 11 is 0. The van der Waals surface area contributed by atoms with E-state index in [1.807, 2.05) is 38.1 Å². The highest BCUT2D eigenvalue weighted by Gasteiger charge is 2.30. The second-order valence-electron chi connectivity index (χ2n) is 9.66. The highest BCUT2D eigenvalue weighted by atomic mass is 32.2. The van der Waals surface area contributed by atoms with Crippen molar-refractivity contribution in [1.82, 2.24) is 14.5 Å². The second-order valence-corrected chi connectivity index (χ2v) is 11.7. The van der Waals surface area contributed by atoms with Crippen LogP contribution in [0.15, 0.2) is 59.5 Å². The Morgan fingerprint density at radius 3 is 2.28 bits per heavy atom. The number of nitrogens with zero attached hydrogens (tertiary/aromatic N) is 2. The summed E-state index contributed by atoms with van der Waals surface area (Å²) in [6.45, 7) is 4.49. The first kappa shape index (κ1) is 27.9. The number of hydrogen-bond donors (Lipinski definition) is 1. The average molecular weight is 514 g/mol. The van der Waals surface area contributed by atoms with Crippen LogP contribution in [0.4, 0.5) is 0 Å². The number of carbonyl (C=O) groups is 2. The molecule has 0 aromatic heterocycles. The van der Waals surface area contributed by atoms with E-state index < -0.39 is 16.1 Å². The molecule has 0 spiro atoms. The SMILES string of the molecule is CC[C@@H](C(=O)NC1CCCC1)N(Cc1ccc(C)cc1)C(=O)CCCN(C)S(=O)(=O)c1ccccc1. The van der Waals surface area contributed by atoms with Crippen molar-refractivity contribution in [3.63, 3.8) is 0 Å². The molecular formula is C28H39N3O4S. The van der Waals surface area contributed by atoms with Crippen molar-refractivity contribution in [2.75, 3.05) is 13.6 Å². The zero-order valence-electron chi connectivity index (χ0n) is 21.7. The fraction of sp³-hybridized carbons (Fsp3) is 0.500. The summed E-state index contributed by atoms with van der Waals surface area (Å²) in [5.74, 6) is -0.247. The molecule has 3 rings (SSSR count). The van der Waals surface area contributed by atoms with Crippen molar-refractivity contribution in [2.24, 2.45) is 0 Å². The van der Waals surface area contributed by atoms with E-state index in [1.54, 1.807) is 35.2 Å². The highest BCUT2D eigenvalue weighted by Crippen LogP contribution is 2.20. The molecular weight excluding hydrogens is 474 g/mol. The van der Waals surface area contributed by atoms with Gasteiger partial charge in [-0.05, 0) is 50.3 Å². The Morgan fingerprint density at radius 1 is 1.03 bits per heavy atom. The molecule has 7 nitrogen and oxygen atoms in total. The zero-order valence-corrected chi connectivity index (χ0v) is 22.5. The summed E-state index contributed by atoms with van der Waals surface area (Å²) in [5.41, 5.74) is 2.09. The minimum absolute atomic E-state index is 0.103. The molecule has 1 aliphatic carbocycles. The molecule has 8 heteroatoms. The Morgan fingerprint density at radius 2 is 1.67 bits per heavy atom. The molecule has 2 aromatic rings. The molecule has 0 saturated heterocycles. The quantitative estimate of drug-likeness (QED) is 0.459. The number of hydrogen-bond acceptors (Lipinski definition) is 4. The average Bonchev–Trinajstić information content (AvgIpc) is 3.38. The fourth-order valence-corrected chi connectivity index (χ4v) is 5.90. The Kier molecular flexibility index (Phi) is 10.1. The molecule has 1 atom stereocenters. The third-order valence-corrected chi connectivity index (χ3v) is 8.75. The van der Waals surface area contributed by atoms with Gasteiger partial charge in [-0.3, -0.25) is 9.59 Å². The van der Waals surface area contributed by atoms with E-state index in [0.29, 0.717) is 19.4 Å². The maximum absolute atomic E-state index is 13.4. The lowest BCUT2D eigenvalue weighted by atomic mass is 10.1. The van der Waals surface area contributed by atoms with E-state index in [-0.39, 0.29) is 35.7 Å². The van der Waals surface area contributed by atoms with Gasteiger partial charge in [-0.15, -0.1) is 0 Å². The number of aryl methyl sites for hydroxylation is 1. The maximum atomic E-state index is 13.4. The van der Waals surface area contributed by atoms with Crippen LogP contribution in [0.3, 0.4) is 0 Å². The molecule has 1 aliphatic rings. The Bertz CT molecular complexity index is 1100. The molecule has 1 saturated carbocycles. The first-order valence-corrected chi connectivity index (χ1v) is 14.3. The first-order valence-electron chi connectivity index (χ1n) is 12.9. The molecule has 36 heavy (non-hydrogen) atoms. The molecule has 0 aliphatic heterocycles. The van der Waals surface area contributed by atoms with Crippen molar-refractivity contribution in [3.05, 3.63) is 65.7 Å². The Hall–Kier alpha value is -2.71. The third-order valence-electron chi connectivity index (χ3n) is 6.88. The van der Waals surface area contributed by atoms with Crippen LogP contribution >= 0.6 is 0 Å². The second kappa shape index (κ2) is 13.0. The van der Waals surface area contributed by atoms with Crippen molar-refractivity contribution in [3.8, 4) is 0 Å². The highest BCUT2D eigenvalue weighted by molar-refractivity contribution is 7.89. The third kappa shape index (κ3) is 7.40. The number of rotatable bonds is 12. The van der Waals surface area contributed by atoms with E-state index in [9.17, 15) is 18.0 Å². The molecule has 0 bridgehead atoms. The summed E-state index contributed by atoms with van der Waals surface area (Å²) < 4.78 is 26.9. The molecule has 2 amide bonds. The minimum Gasteiger partial charge on any atom is -0.352 e. The van der Waals surface area contributed by atoms with Gasteiger partial charge in [-0.2, -0.15) is 0 Å². The maximum Gasteiger partial charge on any atom is 0.243 e. The lowest BCUT2D eigenvalue weighted by molar-refractivity contribution is -0.141. The largest absolute Gasteiger partial charge is 0.352 e. The van der Waals surface area contributed by atoms with Gasteiger partial charge in [0.1, 0.15) is 6.04 Å². The van der Waals surface area contributed by atoms with Gasteiger partial charge >= 0.3 is 0 Å². The standard InChI is InChI=1S/C28H39N3O4S/c1-4-26(28(33)29-24-11-8-9-12-24)31(21-23-18-16-22(2)17-19-23)27(32)15-10-20-30(3)36(34,35)25-13-6-5-7-14-25/h5-7,13-14,16-19,24,26H,4,8-12,15,20-21H2,1-3H3,(H,29,33)/t26-/m0/s1. The van der Waals surface area contributed by atoms with Gasteiger partial charge in [0, 0.05) is 32.6 Å². The van der Waals surface area contributed by atoms with E-state index in [4.69, 9.17) is 0 Å². The Balaban J connectivity index is 1.68. The van der Waals surface area contributed by atoms with Crippen molar-refractivity contribution < 1.29 is 18.0 Å². The topological polar surface area (TPSA) is 86.8 Å². The van der Waals surface area contributed by atoms with Gasteiger partial charge in [0.05, 0.1) is 4.90 Å². The molecule has 1 fully saturated rings. The van der Waals surface area contributed by atoms with Crippen LogP contribution in [0.2, 0.25) is 0 Å². The van der Waals surface area contributed by atoms with Crippen molar-refractivity contribution in [1.29, 1.82) is 0 Å². The number of carbonyl (C=O) groups excluding carboxylic acids is 2. The molecule has 0 radical (unpaired) electrons. The summed E-state index contributed by atoms with van der Waals surface area (Å²) in [5, 5.41) is 3.15. The van der Waals surface area contributed by atoms with E-state index in [0.717, 1.165) is 36.8 Å². The first-order chi connectivity index (χ1) is 17.2. The van der Waals surface area contributed by atoms with Crippen LogP contribution in [-0.2, 0) is 26.2 Å². The van der Waals surface area contributed by atoms with Crippen LogP contribution in [0.1, 0.15) is 63.0 Å². The van der Waals surface area contributed by atoms with Crippen molar-refractivity contribution >= 4 is 21.8 Å². The minimum atomic E-state index is -3.61. The summed E-state index contributed by atoms with van der Waals surface area (Å²) in [7, 11) is -2.08. The summed E-state index contributed by atoms with van der Waals surface area (Å²) in [6, 6.07) is 15.9. The molecule has 0 unspecified atom stereocenters. The monoisotopic (exact) mass is 513 g/mol. The Labute approximate surface area is 215 Å². The predicted octanol–water partition coefficient (Wildman–Crippen LogP) is 4.26. The molecule has 196 valence electrons. The zero-order chi connectivity index (χ0) is 26.1. The van der Waals surface area contributed by atoms with Gasteiger partial charge in [0.2, 0.25) is 21.8 Å². The van der Waals surface area contributed by atoms with Gasteiger partial charge < -0.3 is 10.2 Å². The van der Waals surface area contributed by atoms with Crippen LogP contribution in [0, 0.1) is 6.92 Å². The lowest BCUT2D eigenvalue weighted by Crippen LogP contribution is -2.51. The van der Waals surface area contributed by atoms with Crippen LogP contribution in [-0.4, -0.2) is 55.1 Å². The van der Waals surface area contributed by atoms with Crippen LogP contribution in [0.5, 0.6) is 0 Å². The summed E-state index contributed by atoms with van der Waals surface area (Å²) in [6.07, 6.45) is 5.24.